The summed E-state index contributed by atoms with van der Waals surface area (Å²) in [4.78, 5) is 31.0. The number of carbonyl (C=O) groups excluding carboxylic acids is 1. The molecule has 1 fully saturated rings. The first-order valence-electron chi connectivity index (χ1n) is 11.1. The van der Waals surface area contributed by atoms with Crippen LogP contribution in [0.5, 0.6) is 0 Å². The fraction of sp³-hybridized carbons (Fsp3) is 0.458. The van der Waals surface area contributed by atoms with Gasteiger partial charge in [-0.1, -0.05) is 37.3 Å². The molecule has 1 aliphatic heterocycles. The Balaban J connectivity index is 1.29. The van der Waals surface area contributed by atoms with Gasteiger partial charge in [0.2, 0.25) is 0 Å². The number of amides is 2. The molecule has 7 heteroatoms. The zero-order chi connectivity index (χ0) is 21.4. The molecule has 1 saturated heterocycles. The van der Waals surface area contributed by atoms with Crippen LogP contribution in [0.1, 0.15) is 29.3 Å². The summed E-state index contributed by atoms with van der Waals surface area (Å²) in [6, 6.07) is 10.2. The number of fused-ring (bicyclic) bond motifs is 3. The van der Waals surface area contributed by atoms with Crippen molar-refractivity contribution < 1.29 is 4.79 Å². The van der Waals surface area contributed by atoms with Gasteiger partial charge in [-0.2, -0.15) is 0 Å². The van der Waals surface area contributed by atoms with E-state index in [0.717, 1.165) is 48.1 Å². The van der Waals surface area contributed by atoms with Crippen LogP contribution in [0, 0.1) is 5.92 Å². The first-order chi connectivity index (χ1) is 15.1. The van der Waals surface area contributed by atoms with Gasteiger partial charge >= 0.3 is 6.03 Å². The molecule has 0 bridgehead atoms. The molecule has 2 aromatic heterocycles. The normalized spacial score (nSPS) is 18.8. The number of aryl methyl sites for hydroxylation is 1. The van der Waals surface area contributed by atoms with Gasteiger partial charge in [-0.25, -0.2) is 14.8 Å². The summed E-state index contributed by atoms with van der Waals surface area (Å²) in [7, 11) is 1.88. The summed E-state index contributed by atoms with van der Waals surface area (Å²) in [5.41, 5.74) is 2.62. The maximum absolute atomic E-state index is 12.9. The van der Waals surface area contributed by atoms with Crippen LogP contribution < -0.4 is 4.90 Å². The minimum atomic E-state index is 0.0956. The number of piperazine rings is 1. The largest absolute Gasteiger partial charge is 0.352 e. The predicted molar refractivity (Wildman–Crippen MR) is 126 cm³/mol. The number of anilines is 1. The molecule has 1 atom stereocenters. The molecule has 0 unspecified atom stereocenters. The molecule has 3 aromatic rings. The van der Waals surface area contributed by atoms with E-state index in [1.165, 1.54) is 22.2 Å². The lowest BCUT2D eigenvalue weighted by atomic mass is 9.89. The molecule has 0 radical (unpaired) electrons. The first kappa shape index (κ1) is 20.2. The third-order valence-corrected chi connectivity index (χ3v) is 7.67. The highest BCUT2D eigenvalue weighted by atomic mass is 32.1. The minimum Gasteiger partial charge on any atom is -0.352 e. The lowest BCUT2D eigenvalue weighted by molar-refractivity contribution is 0.157. The maximum atomic E-state index is 12.9. The van der Waals surface area contributed by atoms with Gasteiger partial charge in [-0.15, -0.1) is 11.3 Å². The number of aromatic nitrogens is 2. The summed E-state index contributed by atoms with van der Waals surface area (Å²) >= 11 is 1.84. The van der Waals surface area contributed by atoms with Gasteiger partial charge in [0.25, 0.3) is 0 Å². The van der Waals surface area contributed by atoms with Gasteiger partial charge in [-0.05, 0) is 36.3 Å². The quantitative estimate of drug-likeness (QED) is 0.619. The highest BCUT2D eigenvalue weighted by molar-refractivity contribution is 7.19. The molecular weight excluding hydrogens is 406 g/mol. The van der Waals surface area contributed by atoms with E-state index in [4.69, 9.17) is 4.98 Å². The molecule has 162 valence electrons. The van der Waals surface area contributed by atoms with E-state index in [2.05, 4.69) is 28.9 Å². The average molecular weight is 436 g/mol. The number of carbonyl (C=O) groups is 1. The monoisotopic (exact) mass is 435 g/mol. The van der Waals surface area contributed by atoms with E-state index in [9.17, 15) is 4.79 Å². The highest BCUT2D eigenvalue weighted by Crippen LogP contribution is 2.40. The molecule has 0 spiro atoms. The number of thiophene rings is 1. The fourth-order valence-corrected chi connectivity index (χ4v) is 6.12. The van der Waals surface area contributed by atoms with Crippen LogP contribution in [0.2, 0.25) is 0 Å². The Bertz CT molecular complexity index is 1070. The summed E-state index contributed by atoms with van der Waals surface area (Å²) in [5.74, 6) is 1.81. The minimum absolute atomic E-state index is 0.0956. The van der Waals surface area contributed by atoms with Gasteiger partial charge in [0.15, 0.2) is 0 Å². The molecule has 0 N–H and O–H groups in total. The van der Waals surface area contributed by atoms with E-state index < -0.39 is 0 Å². The maximum Gasteiger partial charge on any atom is 0.320 e. The standard InChI is InChI=1S/C24H29N5OS/c1-17-8-9-19-20(14-17)31-23-21(19)22(25-16-26-23)28-10-12-29(13-11-28)24(30)27(2)15-18-6-4-3-5-7-18/h3-7,16-17H,8-15H2,1-2H3/t17-/m0/s1. The number of benzene rings is 1. The van der Waals surface area contributed by atoms with Crippen molar-refractivity contribution in [2.75, 3.05) is 38.1 Å². The van der Waals surface area contributed by atoms with E-state index in [-0.39, 0.29) is 6.03 Å². The molecule has 5 rings (SSSR count). The summed E-state index contributed by atoms with van der Waals surface area (Å²) in [5, 5.41) is 1.26. The van der Waals surface area contributed by atoms with Crippen molar-refractivity contribution in [2.24, 2.45) is 5.92 Å². The van der Waals surface area contributed by atoms with Gasteiger partial charge in [0.1, 0.15) is 17.0 Å². The third-order valence-electron chi connectivity index (χ3n) is 6.51. The lowest BCUT2D eigenvalue weighted by Gasteiger charge is -2.37. The second-order valence-electron chi connectivity index (χ2n) is 8.83. The summed E-state index contributed by atoms with van der Waals surface area (Å²) in [6.45, 7) is 6.01. The first-order valence-corrected chi connectivity index (χ1v) is 12.0. The van der Waals surface area contributed by atoms with Crippen LogP contribution in [-0.4, -0.2) is 59.0 Å². The Labute approximate surface area is 187 Å². The smallest absolute Gasteiger partial charge is 0.320 e. The molecule has 6 nitrogen and oxygen atoms in total. The van der Waals surface area contributed by atoms with Crippen LogP contribution in [0.15, 0.2) is 36.7 Å². The Hall–Kier alpha value is -2.67. The Morgan fingerprint density at radius 3 is 2.71 bits per heavy atom. The van der Waals surface area contributed by atoms with Gasteiger partial charge < -0.3 is 14.7 Å². The summed E-state index contributed by atoms with van der Waals surface area (Å²) in [6.07, 6.45) is 5.23. The van der Waals surface area contributed by atoms with E-state index >= 15 is 0 Å². The molecule has 2 amide bonds. The van der Waals surface area contributed by atoms with Crippen molar-refractivity contribution >= 4 is 33.4 Å². The van der Waals surface area contributed by atoms with Crippen molar-refractivity contribution in [3.63, 3.8) is 0 Å². The number of rotatable bonds is 3. The van der Waals surface area contributed by atoms with Crippen LogP contribution in [0.25, 0.3) is 10.2 Å². The Morgan fingerprint density at radius 1 is 1.16 bits per heavy atom. The van der Waals surface area contributed by atoms with Crippen LogP contribution in [0.4, 0.5) is 10.6 Å². The average Bonchev–Trinajstić information content (AvgIpc) is 3.17. The zero-order valence-electron chi connectivity index (χ0n) is 18.3. The van der Waals surface area contributed by atoms with Gasteiger partial charge in [0.05, 0.1) is 5.39 Å². The highest BCUT2D eigenvalue weighted by Gasteiger charge is 2.28. The molecule has 0 saturated carbocycles. The molecule has 2 aliphatic rings. The molecule has 1 aromatic carbocycles. The number of urea groups is 1. The van der Waals surface area contributed by atoms with Crippen molar-refractivity contribution in [3.05, 3.63) is 52.7 Å². The third kappa shape index (κ3) is 3.99. The molecule has 31 heavy (non-hydrogen) atoms. The SMILES string of the molecule is C[C@H]1CCc2c(sc3ncnc(N4CCN(C(=O)N(C)Cc5ccccc5)CC4)c23)C1. The van der Waals surface area contributed by atoms with E-state index in [1.807, 2.05) is 46.4 Å². The van der Waals surface area contributed by atoms with Crippen molar-refractivity contribution in [1.29, 1.82) is 0 Å². The van der Waals surface area contributed by atoms with E-state index in [0.29, 0.717) is 19.6 Å². The second kappa shape index (κ2) is 8.46. The molecule has 3 heterocycles. The molecule has 1 aliphatic carbocycles. The molecular formula is C24H29N5OS. The zero-order valence-corrected chi connectivity index (χ0v) is 19.1. The lowest BCUT2D eigenvalue weighted by Crippen LogP contribution is -2.52. The van der Waals surface area contributed by atoms with Crippen molar-refractivity contribution in [2.45, 2.75) is 32.7 Å². The topological polar surface area (TPSA) is 52.6 Å². The van der Waals surface area contributed by atoms with Gasteiger partial charge in [-0.3, -0.25) is 0 Å². The predicted octanol–water partition coefficient (Wildman–Crippen LogP) is 4.19. The fourth-order valence-electron chi connectivity index (χ4n) is 4.77. The van der Waals surface area contributed by atoms with Crippen LogP contribution in [-0.2, 0) is 19.4 Å². The number of nitrogens with zero attached hydrogens (tertiary/aromatic N) is 5. The van der Waals surface area contributed by atoms with E-state index in [1.54, 1.807) is 6.33 Å². The van der Waals surface area contributed by atoms with Crippen LogP contribution >= 0.6 is 11.3 Å². The van der Waals surface area contributed by atoms with Crippen molar-refractivity contribution in [3.8, 4) is 0 Å². The van der Waals surface area contributed by atoms with Crippen LogP contribution in [0.3, 0.4) is 0 Å². The summed E-state index contributed by atoms with van der Waals surface area (Å²) < 4.78 is 0. The number of hydrogen-bond donors (Lipinski definition) is 0. The number of hydrogen-bond acceptors (Lipinski definition) is 5. The van der Waals surface area contributed by atoms with Gasteiger partial charge in [0, 0.05) is 44.6 Å². The van der Waals surface area contributed by atoms with Crippen molar-refractivity contribution in [1.82, 2.24) is 19.8 Å². The Morgan fingerprint density at radius 2 is 1.94 bits per heavy atom. The second-order valence-corrected chi connectivity index (χ2v) is 9.91. The Kier molecular flexibility index (Phi) is 5.52.